The minimum absolute atomic E-state index is 0.0967. The van der Waals surface area contributed by atoms with Crippen molar-refractivity contribution >= 4 is 6.03 Å². The zero-order chi connectivity index (χ0) is 17.6. The van der Waals surface area contributed by atoms with E-state index >= 15 is 0 Å². The summed E-state index contributed by atoms with van der Waals surface area (Å²) in [6.45, 7) is 4.17. The molecule has 3 atom stereocenters. The zero-order valence-electron chi connectivity index (χ0n) is 15.0. The summed E-state index contributed by atoms with van der Waals surface area (Å²) in [7, 11) is 0. The van der Waals surface area contributed by atoms with Crippen molar-refractivity contribution in [1.82, 2.24) is 20.5 Å². The van der Waals surface area contributed by atoms with E-state index in [4.69, 9.17) is 0 Å². The molecular formula is C19H30N4O2. The van der Waals surface area contributed by atoms with Crippen LogP contribution in [0.5, 0.6) is 0 Å². The first-order chi connectivity index (χ1) is 12.1. The highest BCUT2D eigenvalue weighted by molar-refractivity contribution is 5.74. The van der Waals surface area contributed by atoms with Crippen molar-refractivity contribution < 1.29 is 9.90 Å². The highest BCUT2D eigenvalue weighted by Gasteiger charge is 2.27. The Labute approximate surface area is 150 Å². The van der Waals surface area contributed by atoms with E-state index in [0.717, 1.165) is 51.6 Å². The van der Waals surface area contributed by atoms with Crippen molar-refractivity contribution in [2.75, 3.05) is 13.1 Å². The van der Waals surface area contributed by atoms with Gasteiger partial charge in [0, 0.05) is 37.6 Å². The first kappa shape index (κ1) is 18.1. The van der Waals surface area contributed by atoms with Gasteiger partial charge in [0.05, 0.1) is 12.1 Å². The Bertz CT molecular complexity index is 546. The maximum absolute atomic E-state index is 12.2. The summed E-state index contributed by atoms with van der Waals surface area (Å²) in [4.78, 5) is 18.7. The summed E-state index contributed by atoms with van der Waals surface area (Å²) in [5, 5.41) is 16.0. The van der Waals surface area contributed by atoms with Crippen molar-refractivity contribution in [2.45, 2.75) is 69.7 Å². The van der Waals surface area contributed by atoms with Crippen LogP contribution < -0.4 is 10.6 Å². The molecule has 1 aliphatic heterocycles. The second-order valence-electron chi connectivity index (χ2n) is 7.34. The van der Waals surface area contributed by atoms with Crippen LogP contribution in [0, 0.1) is 0 Å². The molecule has 138 valence electrons. The lowest BCUT2D eigenvalue weighted by molar-refractivity contribution is 0.0931. The molecule has 2 fully saturated rings. The standard InChI is InChI=1S/C19H30N4O2/c1-14(15-6-10-20-11-7-15)23-12-8-16(9-13-23)21-19(25)22-17-4-2-3-5-18(17)24/h6-7,10-11,14,16-18,24H,2-5,8-9,12-13H2,1H3,(H2,21,22,25)/t14-,17-,18-/m1/s1. The highest BCUT2D eigenvalue weighted by atomic mass is 16.3. The molecule has 1 aromatic rings. The predicted molar refractivity (Wildman–Crippen MR) is 97.2 cm³/mol. The SMILES string of the molecule is C[C@H](c1ccncc1)N1CCC(NC(=O)N[C@@H]2CCCC[C@H]2O)CC1. The van der Waals surface area contributed by atoms with Gasteiger partial charge in [0.1, 0.15) is 0 Å². The number of amides is 2. The fraction of sp³-hybridized carbons (Fsp3) is 0.684. The van der Waals surface area contributed by atoms with Crippen LogP contribution in [0.3, 0.4) is 0 Å². The van der Waals surface area contributed by atoms with Crippen LogP contribution in [0.15, 0.2) is 24.5 Å². The van der Waals surface area contributed by atoms with E-state index in [1.165, 1.54) is 5.56 Å². The van der Waals surface area contributed by atoms with Crippen LogP contribution in [0.2, 0.25) is 0 Å². The van der Waals surface area contributed by atoms with E-state index in [1.807, 2.05) is 12.4 Å². The van der Waals surface area contributed by atoms with Gasteiger partial charge in [0.2, 0.25) is 0 Å². The Hall–Kier alpha value is -1.66. The van der Waals surface area contributed by atoms with Gasteiger partial charge in [0.25, 0.3) is 0 Å². The summed E-state index contributed by atoms with van der Waals surface area (Å²) < 4.78 is 0. The molecule has 2 aliphatic rings. The minimum Gasteiger partial charge on any atom is -0.391 e. The highest BCUT2D eigenvalue weighted by Crippen LogP contribution is 2.24. The lowest BCUT2D eigenvalue weighted by atomic mass is 9.93. The number of urea groups is 1. The first-order valence-corrected chi connectivity index (χ1v) is 9.52. The van der Waals surface area contributed by atoms with E-state index in [0.29, 0.717) is 6.04 Å². The maximum Gasteiger partial charge on any atom is 0.315 e. The lowest BCUT2D eigenvalue weighted by Crippen LogP contribution is -2.53. The van der Waals surface area contributed by atoms with Crippen LogP contribution in [0.4, 0.5) is 4.79 Å². The molecule has 1 aliphatic carbocycles. The smallest absolute Gasteiger partial charge is 0.315 e. The fourth-order valence-corrected chi connectivity index (χ4v) is 3.96. The van der Waals surface area contributed by atoms with Gasteiger partial charge in [-0.25, -0.2) is 4.79 Å². The normalized spacial score (nSPS) is 26.8. The molecule has 0 spiro atoms. The Morgan fingerprint density at radius 2 is 1.84 bits per heavy atom. The number of likely N-dealkylation sites (tertiary alicyclic amines) is 1. The third-order valence-electron chi connectivity index (χ3n) is 5.65. The molecule has 0 unspecified atom stereocenters. The molecule has 0 radical (unpaired) electrons. The van der Waals surface area contributed by atoms with Crippen LogP contribution in [-0.2, 0) is 0 Å². The molecule has 1 saturated carbocycles. The molecule has 25 heavy (non-hydrogen) atoms. The monoisotopic (exact) mass is 346 g/mol. The molecule has 6 nitrogen and oxygen atoms in total. The van der Waals surface area contributed by atoms with Crippen molar-refractivity contribution in [3.05, 3.63) is 30.1 Å². The number of nitrogens with one attached hydrogen (secondary N) is 2. The van der Waals surface area contributed by atoms with E-state index < -0.39 is 6.10 Å². The quantitative estimate of drug-likeness (QED) is 0.781. The van der Waals surface area contributed by atoms with E-state index in [1.54, 1.807) is 0 Å². The van der Waals surface area contributed by atoms with Crippen molar-refractivity contribution in [3.63, 3.8) is 0 Å². The Balaban J connectivity index is 1.42. The van der Waals surface area contributed by atoms with Crippen LogP contribution in [-0.4, -0.2) is 52.3 Å². The van der Waals surface area contributed by atoms with Gasteiger partial charge in [-0.3, -0.25) is 9.88 Å². The number of carbonyl (C=O) groups excluding carboxylic acids is 1. The van der Waals surface area contributed by atoms with E-state index in [9.17, 15) is 9.90 Å². The number of nitrogens with zero attached hydrogens (tertiary/aromatic N) is 2. The molecule has 2 amide bonds. The third kappa shape index (κ3) is 4.92. The molecule has 0 bridgehead atoms. The molecule has 3 N–H and O–H groups in total. The maximum atomic E-state index is 12.2. The van der Waals surface area contributed by atoms with Crippen LogP contribution in [0.25, 0.3) is 0 Å². The molecule has 1 aromatic heterocycles. The molecule has 2 heterocycles. The van der Waals surface area contributed by atoms with E-state index in [-0.39, 0.29) is 18.1 Å². The number of aliphatic hydroxyl groups is 1. The Morgan fingerprint density at radius 1 is 1.16 bits per heavy atom. The first-order valence-electron chi connectivity index (χ1n) is 9.52. The fourth-order valence-electron chi connectivity index (χ4n) is 3.96. The molecule has 3 rings (SSSR count). The van der Waals surface area contributed by atoms with Gasteiger partial charge in [-0.05, 0) is 50.3 Å². The number of piperidine rings is 1. The van der Waals surface area contributed by atoms with Crippen LogP contribution >= 0.6 is 0 Å². The van der Waals surface area contributed by atoms with Crippen LogP contribution in [0.1, 0.15) is 57.1 Å². The van der Waals surface area contributed by atoms with Gasteiger partial charge in [-0.15, -0.1) is 0 Å². The summed E-state index contributed by atoms with van der Waals surface area (Å²) in [6, 6.07) is 4.49. The molecule has 6 heteroatoms. The topological polar surface area (TPSA) is 77.5 Å². The second kappa shape index (κ2) is 8.63. The van der Waals surface area contributed by atoms with Gasteiger partial charge < -0.3 is 15.7 Å². The van der Waals surface area contributed by atoms with Gasteiger partial charge in [-0.2, -0.15) is 0 Å². The summed E-state index contributed by atoms with van der Waals surface area (Å²) >= 11 is 0. The summed E-state index contributed by atoms with van der Waals surface area (Å²) in [5.74, 6) is 0. The third-order valence-corrected chi connectivity index (χ3v) is 5.65. The second-order valence-corrected chi connectivity index (χ2v) is 7.34. The van der Waals surface area contributed by atoms with Gasteiger partial charge >= 0.3 is 6.03 Å². The van der Waals surface area contributed by atoms with Gasteiger partial charge in [0.15, 0.2) is 0 Å². The molecule has 0 aromatic carbocycles. The Kier molecular flexibility index (Phi) is 6.26. The van der Waals surface area contributed by atoms with Crippen molar-refractivity contribution in [1.29, 1.82) is 0 Å². The number of hydrogen-bond donors (Lipinski definition) is 3. The lowest BCUT2D eigenvalue weighted by Gasteiger charge is -2.37. The summed E-state index contributed by atoms with van der Waals surface area (Å²) in [5.41, 5.74) is 1.28. The molecular weight excluding hydrogens is 316 g/mol. The van der Waals surface area contributed by atoms with E-state index in [2.05, 4.69) is 39.6 Å². The van der Waals surface area contributed by atoms with Crippen molar-refractivity contribution in [2.24, 2.45) is 0 Å². The number of rotatable bonds is 4. The number of aromatic nitrogens is 1. The number of hydrogen-bond acceptors (Lipinski definition) is 4. The largest absolute Gasteiger partial charge is 0.391 e. The van der Waals surface area contributed by atoms with Crippen molar-refractivity contribution in [3.8, 4) is 0 Å². The average molecular weight is 346 g/mol. The number of pyridine rings is 1. The summed E-state index contributed by atoms with van der Waals surface area (Å²) in [6.07, 6.45) is 8.97. The minimum atomic E-state index is -0.400. The zero-order valence-corrected chi connectivity index (χ0v) is 15.0. The number of aliphatic hydroxyl groups excluding tert-OH is 1. The van der Waals surface area contributed by atoms with Gasteiger partial charge in [-0.1, -0.05) is 12.8 Å². The number of carbonyl (C=O) groups is 1. The predicted octanol–water partition coefficient (Wildman–Crippen LogP) is 2.21. The Morgan fingerprint density at radius 3 is 2.52 bits per heavy atom. The average Bonchev–Trinajstić information content (AvgIpc) is 2.64. The molecule has 1 saturated heterocycles.